The smallest absolute Gasteiger partial charge is 0.405 e. The second kappa shape index (κ2) is 14.1. The molecule has 9 nitrogen and oxygen atoms in total. The molecule has 0 spiro atoms. The van der Waals surface area contributed by atoms with E-state index in [1.54, 1.807) is 17.8 Å². The van der Waals surface area contributed by atoms with Crippen LogP contribution in [0, 0.1) is 5.92 Å². The summed E-state index contributed by atoms with van der Waals surface area (Å²) >= 11 is 1.81. The van der Waals surface area contributed by atoms with Crippen LogP contribution in [0.4, 0.5) is 31.0 Å². The molecule has 0 unspecified atom stereocenters. The number of hydrogen-bond acceptors (Lipinski definition) is 9. The lowest BCUT2D eigenvalue weighted by Crippen LogP contribution is -2.36. The molecule has 5 N–H and O–H groups in total. The molecule has 1 amide bonds. The first-order valence-corrected chi connectivity index (χ1v) is 14.2. The van der Waals surface area contributed by atoms with Crippen LogP contribution < -0.4 is 26.4 Å². The maximum atomic E-state index is 12.7. The number of anilines is 3. The molecule has 0 aliphatic heterocycles. The molecule has 0 radical (unpaired) electrons. The molecule has 1 aliphatic rings. The zero-order chi connectivity index (χ0) is 28.4. The van der Waals surface area contributed by atoms with Crippen LogP contribution in [0.2, 0.25) is 0 Å². The van der Waals surface area contributed by atoms with Gasteiger partial charge in [0, 0.05) is 42.1 Å². The van der Waals surface area contributed by atoms with Gasteiger partial charge in [0.2, 0.25) is 23.8 Å². The summed E-state index contributed by atoms with van der Waals surface area (Å²) in [6.45, 7) is 0.626. The minimum absolute atomic E-state index is 0.0477. The van der Waals surface area contributed by atoms with Gasteiger partial charge in [-0.2, -0.15) is 26.7 Å². The van der Waals surface area contributed by atoms with E-state index in [0.717, 1.165) is 11.5 Å². The van der Waals surface area contributed by atoms with Crippen molar-refractivity contribution in [3.8, 4) is 5.75 Å². The highest BCUT2D eigenvalue weighted by atomic mass is 32.2. The number of aromatic nitrogens is 3. The first kappa shape index (κ1) is 29.2. The molecule has 0 atom stereocenters. The van der Waals surface area contributed by atoms with Gasteiger partial charge in [-0.1, -0.05) is 48.5 Å². The number of nitrogens with two attached hydrogens (primary N) is 1. The minimum Gasteiger partial charge on any atom is -0.405 e. The zero-order valence-corrected chi connectivity index (χ0v) is 22.6. The molecule has 3 aromatic rings. The summed E-state index contributed by atoms with van der Waals surface area (Å²) in [6, 6.07) is 16.1. The highest BCUT2D eigenvalue weighted by Gasteiger charge is 2.32. The fraction of sp³-hybridized carbons (Fsp3) is 0.407. The van der Waals surface area contributed by atoms with Crippen molar-refractivity contribution in [2.24, 2.45) is 5.92 Å². The summed E-state index contributed by atoms with van der Waals surface area (Å²) in [4.78, 5) is 25.5. The Labute approximate surface area is 234 Å². The molecule has 4 rings (SSSR count). The SMILES string of the molecule is Nc1nc(NCCSCc2ccccc2)nc(NC2CCC(C(=O)NCc3ccccc3OC(F)(F)F)CC2)n1. The Hall–Kier alpha value is -3.74. The lowest BCUT2D eigenvalue weighted by molar-refractivity contribution is -0.274. The number of rotatable bonds is 12. The van der Waals surface area contributed by atoms with E-state index in [0.29, 0.717) is 44.1 Å². The Bertz CT molecular complexity index is 1240. The normalized spacial score (nSPS) is 17.2. The molecule has 40 heavy (non-hydrogen) atoms. The van der Waals surface area contributed by atoms with Crippen molar-refractivity contribution in [3.63, 3.8) is 0 Å². The van der Waals surface area contributed by atoms with E-state index in [-0.39, 0.29) is 41.7 Å². The van der Waals surface area contributed by atoms with E-state index >= 15 is 0 Å². The van der Waals surface area contributed by atoms with Gasteiger partial charge in [0.25, 0.3) is 0 Å². The van der Waals surface area contributed by atoms with E-state index in [1.807, 2.05) is 18.2 Å². The van der Waals surface area contributed by atoms with Crippen molar-refractivity contribution < 1.29 is 22.7 Å². The van der Waals surface area contributed by atoms with Crippen molar-refractivity contribution in [1.82, 2.24) is 20.3 Å². The fourth-order valence-corrected chi connectivity index (χ4v) is 5.24. The molecule has 1 heterocycles. The van der Waals surface area contributed by atoms with Gasteiger partial charge in [-0.15, -0.1) is 13.2 Å². The van der Waals surface area contributed by atoms with Crippen LogP contribution in [0.25, 0.3) is 0 Å². The molecule has 214 valence electrons. The predicted octanol–water partition coefficient (Wildman–Crippen LogP) is 4.98. The van der Waals surface area contributed by atoms with Crippen LogP contribution >= 0.6 is 11.8 Å². The number of nitrogens with one attached hydrogen (secondary N) is 3. The van der Waals surface area contributed by atoms with Crippen molar-refractivity contribution >= 4 is 35.5 Å². The number of amides is 1. The Morgan fingerprint density at radius 2 is 1.68 bits per heavy atom. The molecule has 2 aromatic carbocycles. The van der Waals surface area contributed by atoms with Crippen molar-refractivity contribution in [2.75, 3.05) is 28.7 Å². The lowest BCUT2D eigenvalue weighted by atomic mass is 9.85. The molecule has 13 heteroatoms. The fourth-order valence-electron chi connectivity index (χ4n) is 4.42. The van der Waals surface area contributed by atoms with Crippen LogP contribution in [0.1, 0.15) is 36.8 Å². The highest BCUT2D eigenvalue weighted by molar-refractivity contribution is 7.98. The van der Waals surface area contributed by atoms with Gasteiger partial charge in [0.1, 0.15) is 5.75 Å². The first-order valence-electron chi connectivity index (χ1n) is 13.0. The van der Waals surface area contributed by atoms with Crippen molar-refractivity contribution in [3.05, 3.63) is 65.7 Å². The first-order chi connectivity index (χ1) is 19.2. The van der Waals surface area contributed by atoms with E-state index in [2.05, 4.69) is 47.8 Å². The Morgan fingerprint density at radius 3 is 2.42 bits per heavy atom. The number of thioether (sulfide) groups is 1. The second-order valence-corrected chi connectivity index (χ2v) is 10.5. The third-order valence-electron chi connectivity index (χ3n) is 6.38. The summed E-state index contributed by atoms with van der Waals surface area (Å²) in [6.07, 6.45) is -2.15. The highest BCUT2D eigenvalue weighted by Crippen LogP contribution is 2.28. The number of hydrogen-bond donors (Lipinski definition) is 4. The summed E-state index contributed by atoms with van der Waals surface area (Å²) < 4.78 is 42.0. The number of halogens is 3. The minimum atomic E-state index is -4.80. The number of carbonyl (C=O) groups is 1. The van der Waals surface area contributed by atoms with Gasteiger partial charge in [0.05, 0.1) is 0 Å². The van der Waals surface area contributed by atoms with Crippen molar-refractivity contribution in [2.45, 2.75) is 50.4 Å². The summed E-state index contributed by atoms with van der Waals surface area (Å²) in [5.41, 5.74) is 7.42. The van der Waals surface area contributed by atoms with Gasteiger partial charge in [-0.3, -0.25) is 4.79 Å². The number of alkyl halides is 3. The van der Waals surface area contributed by atoms with Crippen LogP contribution in [0.5, 0.6) is 5.75 Å². The molecule has 1 aromatic heterocycles. The molecule has 1 saturated carbocycles. The van der Waals surface area contributed by atoms with Crippen LogP contribution in [0.15, 0.2) is 54.6 Å². The third kappa shape index (κ3) is 9.47. The van der Waals surface area contributed by atoms with Gasteiger partial charge < -0.3 is 26.4 Å². The standard InChI is InChI=1S/C27H32F3N7O2S/c28-27(29,30)39-22-9-5-4-8-20(22)16-33-23(38)19-10-12-21(13-11-19)34-26-36-24(31)35-25(37-26)32-14-15-40-17-18-6-2-1-3-7-18/h1-9,19,21H,10-17H2,(H,33,38)(H4,31,32,34,35,36,37). The summed E-state index contributed by atoms with van der Waals surface area (Å²) in [7, 11) is 0. The number of benzene rings is 2. The number of carbonyl (C=O) groups excluding carboxylic acids is 1. The van der Waals surface area contributed by atoms with E-state index in [4.69, 9.17) is 5.73 Å². The number of ether oxygens (including phenoxy) is 1. The quantitative estimate of drug-likeness (QED) is 0.221. The van der Waals surface area contributed by atoms with Gasteiger partial charge in [-0.05, 0) is 37.3 Å². The Kier molecular flexibility index (Phi) is 10.3. The Morgan fingerprint density at radius 1 is 0.975 bits per heavy atom. The van der Waals surface area contributed by atoms with Crippen molar-refractivity contribution in [1.29, 1.82) is 0 Å². The summed E-state index contributed by atoms with van der Waals surface area (Å²) in [5, 5.41) is 9.22. The third-order valence-corrected chi connectivity index (χ3v) is 7.41. The number of nitrogens with zero attached hydrogens (tertiary/aromatic N) is 3. The van der Waals surface area contributed by atoms with E-state index in [9.17, 15) is 18.0 Å². The van der Waals surface area contributed by atoms with Gasteiger partial charge >= 0.3 is 6.36 Å². The maximum Gasteiger partial charge on any atom is 0.573 e. The van der Waals surface area contributed by atoms with Crippen LogP contribution in [0.3, 0.4) is 0 Å². The molecule has 0 bridgehead atoms. The largest absolute Gasteiger partial charge is 0.573 e. The Balaban J connectivity index is 1.19. The number of nitrogen functional groups attached to an aromatic ring is 1. The van der Waals surface area contributed by atoms with Crippen LogP contribution in [-0.4, -0.2) is 45.6 Å². The van der Waals surface area contributed by atoms with E-state index < -0.39 is 6.36 Å². The molecule has 1 aliphatic carbocycles. The summed E-state index contributed by atoms with van der Waals surface area (Å²) in [5.74, 6) is 1.94. The molecule has 0 saturated heterocycles. The monoisotopic (exact) mass is 575 g/mol. The average Bonchev–Trinajstić information content (AvgIpc) is 2.92. The molecular weight excluding hydrogens is 543 g/mol. The maximum absolute atomic E-state index is 12.7. The average molecular weight is 576 g/mol. The molecular formula is C27H32F3N7O2S. The predicted molar refractivity (Wildman–Crippen MR) is 150 cm³/mol. The second-order valence-electron chi connectivity index (χ2n) is 9.37. The van der Waals surface area contributed by atoms with Crippen LogP contribution in [-0.2, 0) is 17.1 Å². The topological polar surface area (TPSA) is 127 Å². The lowest BCUT2D eigenvalue weighted by Gasteiger charge is -2.28. The van der Waals surface area contributed by atoms with E-state index in [1.165, 1.54) is 23.8 Å². The zero-order valence-electron chi connectivity index (χ0n) is 21.8. The molecule has 1 fully saturated rings. The van der Waals surface area contributed by atoms with Gasteiger partial charge in [0.15, 0.2) is 0 Å². The number of para-hydroxylation sites is 1. The van der Waals surface area contributed by atoms with Gasteiger partial charge in [-0.25, -0.2) is 0 Å².